The largest absolute Gasteiger partial charge is 0.496 e. The van der Waals surface area contributed by atoms with E-state index in [9.17, 15) is 9.59 Å². The number of hydrogen-bond donors (Lipinski definition) is 2. The Kier molecular flexibility index (Phi) is 8.57. The number of amides is 2. The molecule has 44 heavy (non-hydrogen) atoms. The fourth-order valence-corrected chi connectivity index (χ4v) is 6.87. The quantitative estimate of drug-likeness (QED) is 0.170. The van der Waals surface area contributed by atoms with Gasteiger partial charge in [0.15, 0.2) is 11.5 Å². The Bertz CT molecular complexity index is 1670. The molecule has 2 N–H and O–H groups in total. The first-order chi connectivity index (χ1) is 21.5. The van der Waals surface area contributed by atoms with Crippen molar-refractivity contribution in [2.75, 3.05) is 41.0 Å². The lowest BCUT2D eigenvalue weighted by molar-refractivity contribution is -0.137. The Labute approximate surface area is 257 Å². The normalized spacial score (nSPS) is 15.9. The lowest BCUT2D eigenvalue weighted by Crippen LogP contribution is -2.55. The van der Waals surface area contributed by atoms with Crippen LogP contribution in [-0.4, -0.2) is 67.6 Å². The van der Waals surface area contributed by atoms with Gasteiger partial charge in [-0.2, -0.15) is 0 Å². The van der Waals surface area contributed by atoms with Gasteiger partial charge in [0.2, 0.25) is 5.91 Å². The Morgan fingerprint density at radius 3 is 2.43 bits per heavy atom. The van der Waals surface area contributed by atoms with Gasteiger partial charge in [0.25, 0.3) is 5.91 Å². The van der Waals surface area contributed by atoms with Crippen LogP contribution in [0.2, 0.25) is 0 Å². The summed E-state index contributed by atoms with van der Waals surface area (Å²) in [6.07, 6.45) is 6.05. The van der Waals surface area contributed by atoms with E-state index in [0.29, 0.717) is 59.2 Å². The number of ether oxygens (including phenoxy) is 3. The van der Waals surface area contributed by atoms with Gasteiger partial charge in [-0.15, -0.1) is 0 Å². The van der Waals surface area contributed by atoms with E-state index in [1.807, 2.05) is 54.6 Å². The molecule has 1 aliphatic heterocycles. The maximum Gasteiger partial charge on any atom is 0.262 e. The third kappa shape index (κ3) is 5.30. The number of aromatic amines is 1. The van der Waals surface area contributed by atoms with Crippen LogP contribution in [0.1, 0.15) is 60.0 Å². The molecular weight excluding hydrogens is 556 g/mol. The van der Waals surface area contributed by atoms with Gasteiger partial charge in [-0.1, -0.05) is 43.5 Å². The van der Waals surface area contributed by atoms with E-state index in [1.54, 1.807) is 21.3 Å². The monoisotopic (exact) mass is 596 g/mol. The molecule has 230 valence electrons. The second-order valence-corrected chi connectivity index (χ2v) is 11.6. The number of nitrogens with one attached hydrogen (secondary N) is 2. The van der Waals surface area contributed by atoms with Gasteiger partial charge in [0.05, 0.1) is 48.9 Å². The van der Waals surface area contributed by atoms with Crippen LogP contribution in [0, 0.1) is 0 Å². The number of methoxy groups -OCH3 is 3. The summed E-state index contributed by atoms with van der Waals surface area (Å²) in [6, 6.07) is 17.5. The highest BCUT2D eigenvalue weighted by atomic mass is 16.5. The maximum atomic E-state index is 14.2. The highest BCUT2D eigenvalue weighted by Crippen LogP contribution is 2.47. The van der Waals surface area contributed by atoms with Crippen LogP contribution in [0.3, 0.4) is 0 Å². The number of para-hydroxylation sites is 1. The molecule has 2 aliphatic rings. The molecule has 2 heterocycles. The predicted octanol–water partition coefficient (Wildman–Crippen LogP) is 5.66. The molecule has 9 heteroatoms. The van der Waals surface area contributed by atoms with Crippen molar-refractivity contribution in [1.82, 2.24) is 20.2 Å². The van der Waals surface area contributed by atoms with Gasteiger partial charge < -0.3 is 24.5 Å². The summed E-state index contributed by atoms with van der Waals surface area (Å²) in [5, 5.41) is 3.47. The van der Waals surface area contributed by atoms with Gasteiger partial charge in [-0.25, -0.2) is 4.98 Å². The van der Waals surface area contributed by atoms with Crippen LogP contribution in [0.5, 0.6) is 17.2 Å². The predicted molar refractivity (Wildman–Crippen MR) is 170 cm³/mol. The number of carbonyl (C=O) groups excluding carboxylic acids is 2. The smallest absolute Gasteiger partial charge is 0.262 e. The Morgan fingerprint density at radius 1 is 0.886 bits per heavy atom. The number of rotatable bonds is 11. The van der Waals surface area contributed by atoms with E-state index in [0.717, 1.165) is 61.8 Å². The zero-order chi connectivity index (χ0) is 30.7. The molecule has 1 saturated carbocycles. The molecule has 1 spiro atoms. The molecule has 0 saturated heterocycles. The van der Waals surface area contributed by atoms with Crippen molar-refractivity contribution in [3.8, 4) is 28.6 Å². The molecule has 0 unspecified atom stereocenters. The van der Waals surface area contributed by atoms with Gasteiger partial charge in [-0.05, 0) is 80.2 Å². The number of hydrogen-bond acceptors (Lipinski definition) is 7. The second-order valence-electron chi connectivity index (χ2n) is 11.6. The number of imidazole rings is 1. The molecule has 1 aromatic heterocycles. The molecule has 0 atom stereocenters. The van der Waals surface area contributed by atoms with Gasteiger partial charge in [-0.3, -0.25) is 14.5 Å². The first-order valence-corrected chi connectivity index (χ1v) is 15.4. The zero-order valence-electron chi connectivity index (χ0n) is 25.7. The summed E-state index contributed by atoms with van der Waals surface area (Å²) >= 11 is 0. The highest BCUT2D eigenvalue weighted by molar-refractivity contribution is 6.18. The summed E-state index contributed by atoms with van der Waals surface area (Å²) in [7, 11) is 4.90. The minimum atomic E-state index is -0.674. The zero-order valence-corrected chi connectivity index (χ0v) is 25.7. The average molecular weight is 597 g/mol. The van der Waals surface area contributed by atoms with Crippen molar-refractivity contribution >= 4 is 22.8 Å². The third-order valence-electron chi connectivity index (χ3n) is 9.13. The summed E-state index contributed by atoms with van der Waals surface area (Å²) in [6.45, 7) is 1.83. The minimum Gasteiger partial charge on any atom is -0.496 e. The van der Waals surface area contributed by atoms with Crippen LogP contribution in [0.15, 0.2) is 54.6 Å². The van der Waals surface area contributed by atoms with Crippen LogP contribution < -0.4 is 19.5 Å². The molecule has 0 bridgehead atoms. The van der Waals surface area contributed by atoms with Crippen LogP contribution in [0.4, 0.5) is 0 Å². The molecule has 0 radical (unpaired) electrons. The molecule has 6 rings (SSSR count). The molecule has 3 aromatic carbocycles. The van der Waals surface area contributed by atoms with Crippen LogP contribution in [0.25, 0.3) is 22.4 Å². The van der Waals surface area contributed by atoms with E-state index < -0.39 is 5.41 Å². The molecule has 9 nitrogen and oxygen atoms in total. The summed E-state index contributed by atoms with van der Waals surface area (Å²) in [4.78, 5) is 38.1. The van der Waals surface area contributed by atoms with E-state index >= 15 is 0 Å². The van der Waals surface area contributed by atoms with Gasteiger partial charge in [0.1, 0.15) is 11.6 Å². The lowest BCUT2D eigenvalue weighted by atomic mass is 9.65. The van der Waals surface area contributed by atoms with E-state index in [2.05, 4.69) is 10.3 Å². The van der Waals surface area contributed by atoms with Crippen molar-refractivity contribution in [3.05, 3.63) is 71.3 Å². The third-order valence-corrected chi connectivity index (χ3v) is 9.13. The van der Waals surface area contributed by atoms with Crippen LogP contribution >= 0.6 is 0 Å². The number of fused-ring (bicyclic) bond motifs is 4. The maximum absolute atomic E-state index is 14.2. The Hall–Kier alpha value is -4.37. The van der Waals surface area contributed by atoms with Crippen LogP contribution in [-0.2, 0) is 16.6 Å². The van der Waals surface area contributed by atoms with E-state index in [1.165, 1.54) is 4.90 Å². The topological polar surface area (TPSA) is 106 Å². The first kappa shape index (κ1) is 29.7. The van der Waals surface area contributed by atoms with Crippen molar-refractivity contribution in [3.63, 3.8) is 0 Å². The van der Waals surface area contributed by atoms with Crippen molar-refractivity contribution in [1.29, 1.82) is 0 Å². The Morgan fingerprint density at radius 2 is 1.66 bits per heavy atom. The number of aromatic nitrogens is 2. The minimum absolute atomic E-state index is 0.0520. The number of carbonyl (C=O) groups is 2. The fraction of sp³-hybridized carbons (Fsp3) is 0.400. The standard InChI is InChI=1S/C35H40N4O5/c1-42-27-11-6-5-10-24(27)32-37-26-14-13-25-30(31(26)38-32)33(40)39(34(41)35(25)17-7-4-8-18-35)21-9-19-36-20-16-23-12-15-28(43-2)29(22-23)44-3/h5-6,10-15,22,36H,4,7-9,16-21H2,1-3H3,(H,37,38). The lowest BCUT2D eigenvalue weighted by Gasteiger charge is -2.44. The second kappa shape index (κ2) is 12.7. The summed E-state index contributed by atoms with van der Waals surface area (Å²) in [5.41, 5.74) is 4.11. The molecule has 1 fully saturated rings. The summed E-state index contributed by atoms with van der Waals surface area (Å²) < 4.78 is 16.3. The average Bonchev–Trinajstić information content (AvgIpc) is 3.51. The number of nitrogens with zero attached hydrogens (tertiary/aromatic N) is 2. The summed E-state index contributed by atoms with van der Waals surface area (Å²) in [5.74, 6) is 2.46. The number of benzene rings is 3. The SMILES string of the molecule is COc1ccc(CCNCCCN2C(=O)c3c(ccc4nc(-c5ccccc5OC)[nH]c34)C3(CCCCC3)C2=O)cc1OC. The van der Waals surface area contributed by atoms with E-state index in [-0.39, 0.29) is 11.8 Å². The van der Waals surface area contributed by atoms with Crippen molar-refractivity contribution in [2.24, 2.45) is 0 Å². The molecule has 4 aromatic rings. The Balaban J connectivity index is 1.21. The molecule has 2 amide bonds. The van der Waals surface area contributed by atoms with E-state index in [4.69, 9.17) is 19.2 Å². The molecular formula is C35H40N4O5. The molecule has 1 aliphatic carbocycles. The first-order valence-electron chi connectivity index (χ1n) is 15.4. The fourth-order valence-electron chi connectivity index (χ4n) is 6.87. The van der Waals surface area contributed by atoms with Crippen molar-refractivity contribution in [2.45, 2.75) is 50.4 Å². The number of imide groups is 1. The number of H-pyrrole nitrogens is 1. The van der Waals surface area contributed by atoms with Gasteiger partial charge in [0, 0.05) is 6.54 Å². The van der Waals surface area contributed by atoms with Crippen molar-refractivity contribution < 1.29 is 23.8 Å². The highest BCUT2D eigenvalue weighted by Gasteiger charge is 2.51. The van der Waals surface area contributed by atoms with Gasteiger partial charge >= 0.3 is 0 Å².